The lowest BCUT2D eigenvalue weighted by Gasteiger charge is -2.19. The highest BCUT2D eigenvalue weighted by Gasteiger charge is 2.20. The van der Waals surface area contributed by atoms with Crippen LogP contribution >= 0.6 is 0 Å². The van der Waals surface area contributed by atoms with Crippen LogP contribution < -0.4 is 10.6 Å². The van der Waals surface area contributed by atoms with Gasteiger partial charge >= 0.3 is 11.8 Å². The quantitative estimate of drug-likeness (QED) is 0.601. The normalized spacial score (nSPS) is 11.8. The first kappa shape index (κ1) is 20.3. The SMILES string of the molecule is CC(C)n1cc(NC(=O)C(=O)N[C@H](CCc2ccccc2)c2ccccc2)cn1. The molecule has 150 valence electrons. The number of hydrogen-bond acceptors (Lipinski definition) is 3. The number of rotatable bonds is 7. The highest BCUT2D eigenvalue weighted by atomic mass is 16.2. The number of anilines is 1. The molecule has 0 fully saturated rings. The Labute approximate surface area is 170 Å². The topological polar surface area (TPSA) is 76.0 Å². The fourth-order valence-electron chi connectivity index (χ4n) is 3.06. The van der Waals surface area contributed by atoms with Gasteiger partial charge < -0.3 is 10.6 Å². The summed E-state index contributed by atoms with van der Waals surface area (Å²) in [7, 11) is 0. The van der Waals surface area contributed by atoms with Gasteiger partial charge in [-0.05, 0) is 37.8 Å². The van der Waals surface area contributed by atoms with Gasteiger partial charge in [0.2, 0.25) is 0 Å². The lowest BCUT2D eigenvalue weighted by Crippen LogP contribution is -2.38. The van der Waals surface area contributed by atoms with Gasteiger partial charge in [-0.25, -0.2) is 0 Å². The van der Waals surface area contributed by atoms with Crippen LogP contribution in [0.5, 0.6) is 0 Å². The first-order valence-corrected chi connectivity index (χ1v) is 9.78. The van der Waals surface area contributed by atoms with E-state index in [-0.39, 0.29) is 12.1 Å². The number of amides is 2. The van der Waals surface area contributed by atoms with Gasteiger partial charge in [-0.2, -0.15) is 5.10 Å². The predicted molar refractivity (Wildman–Crippen MR) is 113 cm³/mol. The summed E-state index contributed by atoms with van der Waals surface area (Å²) >= 11 is 0. The second-order valence-corrected chi connectivity index (χ2v) is 7.22. The lowest BCUT2D eigenvalue weighted by atomic mass is 9.99. The number of aromatic nitrogens is 2. The largest absolute Gasteiger partial charge is 0.341 e. The van der Waals surface area contributed by atoms with E-state index < -0.39 is 11.8 Å². The smallest absolute Gasteiger partial charge is 0.313 e. The van der Waals surface area contributed by atoms with E-state index >= 15 is 0 Å². The highest BCUT2D eigenvalue weighted by molar-refractivity contribution is 6.39. The Hall–Kier alpha value is -3.41. The van der Waals surface area contributed by atoms with Crippen molar-refractivity contribution in [3.63, 3.8) is 0 Å². The molecule has 3 aromatic rings. The van der Waals surface area contributed by atoms with Crippen molar-refractivity contribution in [2.24, 2.45) is 0 Å². The van der Waals surface area contributed by atoms with Gasteiger partial charge in [0.15, 0.2) is 0 Å². The first-order chi connectivity index (χ1) is 14.0. The van der Waals surface area contributed by atoms with E-state index in [1.165, 1.54) is 11.8 Å². The first-order valence-electron chi connectivity index (χ1n) is 9.78. The summed E-state index contributed by atoms with van der Waals surface area (Å²) in [6, 6.07) is 19.7. The van der Waals surface area contributed by atoms with Crippen molar-refractivity contribution in [1.82, 2.24) is 15.1 Å². The van der Waals surface area contributed by atoms with Crippen LogP contribution in [0, 0.1) is 0 Å². The molecular formula is C23H26N4O2. The monoisotopic (exact) mass is 390 g/mol. The number of nitrogens with one attached hydrogen (secondary N) is 2. The van der Waals surface area contributed by atoms with Crippen molar-refractivity contribution in [1.29, 1.82) is 0 Å². The minimum atomic E-state index is -0.700. The van der Waals surface area contributed by atoms with Crippen LogP contribution in [-0.2, 0) is 16.0 Å². The van der Waals surface area contributed by atoms with Gasteiger partial charge in [0, 0.05) is 12.2 Å². The summed E-state index contributed by atoms with van der Waals surface area (Å²) in [4.78, 5) is 24.9. The van der Waals surface area contributed by atoms with Crippen molar-refractivity contribution in [3.05, 3.63) is 84.2 Å². The summed E-state index contributed by atoms with van der Waals surface area (Å²) in [5.41, 5.74) is 2.66. The number of carbonyl (C=O) groups excluding carboxylic acids is 2. The zero-order valence-electron chi connectivity index (χ0n) is 16.7. The molecule has 2 N–H and O–H groups in total. The molecule has 0 saturated carbocycles. The molecule has 1 aromatic heterocycles. The molecule has 0 aliphatic rings. The second kappa shape index (κ2) is 9.68. The number of carbonyl (C=O) groups is 2. The summed E-state index contributed by atoms with van der Waals surface area (Å²) in [6.45, 7) is 3.98. The molecule has 0 unspecified atom stereocenters. The minimum Gasteiger partial charge on any atom is -0.341 e. The van der Waals surface area contributed by atoms with Gasteiger partial charge in [0.1, 0.15) is 0 Å². The van der Waals surface area contributed by atoms with Crippen molar-refractivity contribution in [2.45, 2.75) is 38.8 Å². The van der Waals surface area contributed by atoms with E-state index in [9.17, 15) is 9.59 Å². The molecule has 2 amide bonds. The van der Waals surface area contributed by atoms with E-state index in [1.807, 2.05) is 62.4 Å². The summed E-state index contributed by atoms with van der Waals surface area (Å²) in [5, 5.41) is 9.66. The molecule has 0 aliphatic heterocycles. The molecule has 2 aromatic carbocycles. The average molecular weight is 390 g/mol. The van der Waals surface area contributed by atoms with Crippen LogP contribution in [0.1, 0.15) is 43.5 Å². The minimum absolute atomic E-state index is 0.176. The zero-order valence-corrected chi connectivity index (χ0v) is 16.7. The van der Waals surface area contributed by atoms with Crippen molar-refractivity contribution < 1.29 is 9.59 Å². The molecule has 0 aliphatic carbocycles. The molecule has 0 bridgehead atoms. The Balaban J connectivity index is 1.65. The van der Waals surface area contributed by atoms with Crippen molar-refractivity contribution in [3.8, 4) is 0 Å². The van der Waals surface area contributed by atoms with Crippen LogP contribution in [-0.4, -0.2) is 21.6 Å². The van der Waals surface area contributed by atoms with Crippen LogP contribution in [0.25, 0.3) is 0 Å². The van der Waals surface area contributed by atoms with Gasteiger partial charge in [0.25, 0.3) is 0 Å². The highest BCUT2D eigenvalue weighted by Crippen LogP contribution is 2.19. The van der Waals surface area contributed by atoms with E-state index in [4.69, 9.17) is 0 Å². The Bertz CT molecular complexity index is 936. The summed E-state index contributed by atoms with van der Waals surface area (Å²) in [6.07, 6.45) is 4.73. The van der Waals surface area contributed by atoms with Gasteiger partial charge in [-0.1, -0.05) is 60.7 Å². The van der Waals surface area contributed by atoms with Crippen LogP contribution in [0.2, 0.25) is 0 Å². The Kier molecular flexibility index (Phi) is 6.79. The van der Waals surface area contributed by atoms with E-state index in [0.29, 0.717) is 12.1 Å². The van der Waals surface area contributed by atoms with Gasteiger partial charge in [0.05, 0.1) is 17.9 Å². The summed E-state index contributed by atoms with van der Waals surface area (Å²) in [5.74, 6) is -1.36. The van der Waals surface area contributed by atoms with E-state index in [1.54, 1.807) is 10.9 Å². The zero-order chi connectivity index (χ0) is 20.6. The Morgan fingerprint density at radius 2 is 1.62 bits per heavy atom. The molecule has 0 radical (unpaired) electrons. The predicted octanol–water partition coefficient (Wildman–Crippen LogP) is 3.89. The van der Waals surface area contributed by atoms with Crippen molar-refractivity contribution >= 4 is 17.5 Å². The standard InChI is InChI=1S/C23H26N4O2/c1-17(2)27-16-20(15-24-27)25-22(28)23(29)26-21(19-11-7-4-8-12-19)14-13-18-9-5-3-6-10-18/h3-12,15-17,21H,13-14H2,1-2H3,(H,25,28)(H,26,29)/t21-/m1/s1. The summed E-state index contributed by atoms with van der Waals surface area (Å²) < 4.78 is 1.72. The Morgan fingerprint density at radius 1 is 0.966 bits per heavy atom. The number of hydrogen-bond donors (Lipinski definition) is 2. The second-order valence-electron chi connectivity index (χ2n) is 7.22. The van der Waals surface area contributed by atoms with Gasteiger partial charge in [-0.15, -0.1) is 0 Å². The average Bonchev–Trinajstić information content (AvgIpc) is 3.21. The number of benzene rings is 2. The van der Waals surface area contributed by atoms with E-state index in [2.05, 4.69) is 27.9 Å². The lowest BCUT2D eigenvalue weighted by molar-refractivity contribution is -0.136. The molecule has 1 heterocycles. The third-order valence-electron chi connectivity index (χ3n) is 4.67. The maximum atomic E-state index is 12.5. The molecule has 0 spiro atoms. The maximum absolute atomic E-state index is 12.5. The van der Waals surface area contributed by atoms with Crippen molar-refractivity contribution in [2.75, 3.05) is 5.32 Å². The maximum Gasteiger partial charge on any atom is 0.313 e. The van der Waals surface area contributed by atoms with Crippen LogP contribution in [0.15, 0.2) is 73.1 Å². The third-order valence-corrected chi connectivity index (χ3v) is 4.67. The fraction of sp³-hybridized carbons (Fsp3) is 0.261. The third kappa shape index (κ3) is 5.78. The number of nitrogens with zero attached hydrogens (tertiary/aromatic N) is 2. The van der Waals surface area contributed by atoms with Crippen LogP contribution in [0.4, 0.5) is 5.69 Å². The molecule has 6 heteroatoms. The molecule has 0 saturated heterocycles. The number of aryl methyl sites for hydroxylation is 1. The molecule has 1 atom stereocenters. The Morgan fingerprint density at radius 3 is 2.24 bits per heavy atom. The van der Waals surface area contributed by atoms with Gasteiger partial charge in [-0.3, -0.25) is 14.3 Å². The fourth-order valence-corrected chi connectivity index (χ4v) is 3.06. The van der Waals surface area contributed by atoms with E-state index in [0.717, 1.165) is 12.0 Å². The van der Waals surface area contributed by atoms with Crippen LogP contribution in [0.3, 0.4) is 0 Å². The molecule has 3 rings (SSSR count). The molecular weight excluding hydrogens is 364 g/mol. The molecule has 6 nitrogen and oxygen atoms in total. The molecule has 29 heavy (non-hydrogen) atoms.